The monoisotopic (exact) mass is 928 g/mol. The Kier molecular flexibility index (Phi) is 8.98. The van der Waals surface area contributed by atoms with Gasteiger partial charge in [0.1, 0.15) is 23.0 Å². The third-order valence-corrected chi connectivity index (χ3v) is 16.6. The van der Waals surface area contributed by atoms with Gasteiger partial charge in [0, 0.05) is 65.8 Å². The largest absolute Gasteiger partial charge is 0.457 e. The predicted molar refractivity (Wildman–Crippen MR) is 294 cm³/mol. The van der Waals surface area contributed by atoms with Gasteiger partial charge in [-0.2, -0.15) is 0 Å². The normalized spacial score (nSPS) is 13.5. The Morgan fingerprint density at radius 2 is 0.657 bits per heavy atom. The Morgan fingerprint density at radius 3 is 1.07 bits per heavy atom. The van der Waals surface area contributed by atoms with Crippen LogP contribution in [0.15, 0.2) is 250 Å². The van der Waals surface area contributed by atoms with Crippen LogP contribution in [0.5, 0.6) is 23.0 Å². The molecule has 0 unspecified atom stereocenters. The highest BCUT2D eigenvalue weighted by Crippen LogP contribution is 2.49. The van der Waals surface area contributed by atoms with Crippen molar-refractivity contribution in [2.75, 3.05) is 9.80 Å². The van der Waals surface area contributed by atoms with Gasteiger partial charge in [0.25, 0.3) is 0 Å². The van der Waals surface area contributed by atoms with Crippen molar-refractivity contribution in [3.63, 3.8) is 0 Å². The second-order valence-corrected chi connectivity index (χ2v) is 20.6. The van der Waals surface area contributed by atoms with Crippen LogP contribution in [0.25, 0.3) is 21.5 Å². The van der Waals surface area contributed by atoms with E-state index in [1.807, 2.05) is 84.2 Å². The van der Waals surface area contributed by atoms with E-state index in [1.54, 1.807) is 0 Å². The summed E-state index contributed by atoms with van der Waals surface area (Å²) < 4.78 is 13.6. The smallest absolute Gasteiger partial charge is 0.249 e. The molecule has 0 radical (unpaired) electrons. The van der Waals surface area contributed by atoms with E-state index in [-0.39, 0.29) is 13.4 Å². The van der Waals surface area contributed by atoms with Crippen molar-refractivity contribution in [2.45, 2.75) is 19.6 Å². The van der Waals surface area contributed by atoms with Crippen molar-refractivity contribution in [1.29, 1.82) is 0 Å². The zero-order valence-corrected chi connectivity index (χ0v) is 39.3. The molecule has 0 spiro atoms. The fourth-order valence-corrected chi connectivity index (χ4v) is 13.8. The highest BCUT2D eigenvalue weighted by molar-refractivity contribution is 8.00. The quantitative estimate of drug-likeness (QED) is 0.154. The second-order valence-electron chi connectivity index (χ2n) is 18.4. The predicted octanol–water partition coefficient (Wildman–Crippen LogP) is 13.1. The molecule has 70 heavy (non-hydrogen) atoms. The summed E-state index contributed by atoms with van der Waals surface area (Å²) in [5, 5.41) is 4.97. The molecular formula is C62H38B2N2O2S2. The van der Waals surface area contributed by atoms with Gasteiger partial charge in [-0.3, -0.25) is 0 Å². The molecule has 4 nitrogen and oxygen atoms in total. The Balaban J connectivity index is 1.05. The average Bonchev–Trinajstić information content (AvgIpc) is 3.41. The van der Waals surface area contributed by atoms with Gasteiger partial charge in [-0.25, -0.2) is 0 Å². The van der Waals surface area contributed by atoms with Crippen LogP contribution in [0.4, 0.5) is 34.1 Å². The molecule has 15 rings (SSSR count). The maximum atomic E-state index is 6.78. The molecular weight excluding hydrogens is 890 g/mol. The standard InChI is InChI=1S/C62H38B2N2O2S2/c1-5-21-43(22-6-1)65-53-38-54-50(37-49(53)63-51-29-39-17-13-15-19-41(39)31-57(51)69-59-35-47(33-55(65)61(59)63)67-45-25-9-3-10-26-45)64-52-30-40-18-14-16-20-42(40)32-58(52)70-60-36-48(68-46-27-11-4-12-28-46)34-56(62(60)64)66(54)44-23-7-2-8-24-44/h1-38H. The van der Waals surface area contributed by atoms with Crippen LogP contribution in [0.2, 0.25) is 0 Å². The van der Waals surface area contributed by atoms with Gasteiger partial charge in [-0.05, 0) is 122 Å². The zero-order chi connectivity index (χ0) is 45.9. The topological polar surface area (TPSA) is 24.9 Å². The molecule has 0 bridgehead atoms. The summed E-state index contributed by atoms with van der Waals surface area (Å²) in [5.74, 6) is 3.22. The lowest BCUT2D eigenvalue weighted by molar-refractivity contribution is 0.481. The summed E-state index contributed by atoms with van der Waals surface area (Å²) in [4.78, 5) is 9.93. The highest BCUT2D eigenvalue weighted by Gasteiger charge is 2.47. The number of para-hydroxylation sites is 4. The SMILES string of the molecule is c1ccc(Oc2cc3c4c(c2)N(c2ccccc2)c2cc5c(cc2B4c2cc4ccccc4cc2S3)B2c3cc4ccccc4cc3Sc3cc(Oc4ccccc4)cc(c32)N5c2ccccc2)cc1. The molecule has 4 heterocycles. The van der Waals surface area contributed by atoms with Crippen molar-refractivity contribution in [3.05, 3.63) is 231 Å². The van der Waals surface area contributed by atoms with Crippen LogP contribution in [0.1, 0.15) is 0 Å². The van der Waals surface area contributed by atoms with Crippen LogP contribution in [-0.4, -0.2) is 13.4 Å². The second kappa shape index (κ2) is 15.8. The molecule has 0 amide bonds. The van der Waals surface area contributed by atoms with Crippen LogP contribution in [0.3, 0.4) is 0 Å². The number of ether oxygens (including phenoxy) is 2. The lowest BCUT2D eigenvalue weighted by Crippen LogP contribution is -2.64. The van der Waals surface area contributed by atoms with Gasteiger partial charge in [-0.15, -0.1) is 0 Å². The molecule has 0 saturated heterocycles. The Morgan fingerprint density at radius 1 is 0.286 bits per heavy atom. The van der Waals surface area contributed by atoms with Crippen molar-refractivity contribution in [2.24, 2.45) is 0 Å². The molecule has 4 aliphatic rings. The lowest BCUT2D eigenvalue weighted by Gasteiger charge is -2.44. The number of hydrogen-bond donors (Lipinski definition) is 0. The van der Waals surface area contributed by atoms with Gasteiger partial charge in [0.15, 0.2) is 0 Å². The first-order valence-corrected chi connectivity index (χ1v) is 25.4. The molecule has 0 saturated carbocycles. The summed E-state index contributed by atoms with van der Waals surface area (Å²) >= 11 is 3.72. The van der Waals surface area contributed by atoms with E-state index in [4.69, 9.17) is 9.47 Å². The molecule has 8 heteroatoms. The Bertz CT molecular complexity index is 3680. The third kappa shape index (κ3) is 6.30. The van der Waals surface area contributed by atoms with Crippen molar-refractivity contribution >= 4 is 125 Å². The van der Waals surface area contributed by atoms with Gasteiger partial charge < -0.3 is 19.3 Å². The summed E-state index contributed by atoms with van der Waals surface area (Å²) in [6, 6.07) is 83.5. The zero-order valence-electron chi connectivity index (χ0n) is 37.6. The van der Waals surface area contributed by atoms with E-state index in [2.05, 4.69) is 180 Å². The maximum Gasteiger partial charge on any atom is 0.249 e. The number of benzene rings is 11. The molecule has 11 aromatic rings. The summed E-state index contributed by atoms with van der Waals surface area (Å²) in [6.07, 6.45) is 0. The van der Waals surface area contributed by atoms with Gasteiger partial charge in [0.2, 0.25) is 13.4 Å². The number of fused-ring (bicyclic) bond motifs is 10. The molecule has 0 fully saturated rings. The molecule has 0 N–H and O–H groups in total. The summed E-state index contributed by atoms with van der Waals surface area (Å²) in [6.45, 7) is -0.114. The summed E-state index contributed by atoms with van der Waals surface area (Å²) in [5.41, 5.74) is 14.5. The Hall–Kier alpha value is -8.03. The third-order valence-electron chi connectivity index (χ3n) is 14.3. The highest BCUT2D eigenvalue weighted by atomic mass is 32.2. The van der Waals surface area contributed by atoms with E-state index < -0.39 is 0 Å². The molecule has 11 aromatic carbocycles. The molecule has 0 aliphatic carbocycles. The van der Waals surface area contributed by atoms with E-state index in [0.717, 1.165) is 57.1 Å². The van der Waals surface area contributed by atoms with Crippen molar-refractivity contribution in [1.82, 2.24) is 0 Å². The van der Waals surface area contributed by atoms with E-state index >= 15 is 0 Å². The summed E-state index contributed by atoms with van der Waals surface area (Å²) in [7, 11) is 0. The van der Waals surface area contributed by atoms with Crippen LogP contribution in [-0.2, 0) is 0 Å². The Labute approximate surface area is 415 Å². The first-order chi connectivity index (χ1) is 34.7. The number of nitrogens with zero attached hydrogens (tertiary/aromatic N) is 2. The minimum Gasteiger partial charge on any atom is -0.457 e. The van der Waals surface area contributed by atoms with Crippen LogP contribution in [0, 0.1) is 0 Å². The van der Waals surface area contributed by atoms with E-state index in [0.29, 0.717) is 0 Å². The van der Waals surface area contributed by atoms with E-state index in [1.165, 1.54) is 73.9 Å². The van der Waals surface area contributed by atoms with E-state index in [9.17, 15) is 0 Å². The first kappa shape index (κ1) is 39.9. The van der Waals surface area contributed by atoms with Gasteiger partial charge >= 0.3 is 0 Å². The molecule has 4 aliphatic heterocycles. The number of anilines is 6. The van der Waals surface area contributed by atoms with Crippen molar-refractivity contribution in [3.8, 4) is 23.0 Å². The lowest BCUT2D eigenvalue weighted by atomic mass is 9.31. The molecule has 0 aromatic heterocycles. The minimum absolute atomic E-state index is 0.0568. The minimum atomic E-state index is -0.0568. The molecule has 326 valence electrons. The van der Waals surface area contributed by atoms with Gasteiger partial charge in [0.05, 0.1) is 0 Å². The van der Waals surface area contributed by atoms with Crippen LogP contribution >= 0.6 is 23.5 Å². The maximum absolute atomic E-state index is 6.78. The number of hydrogen-bond acceptors (Lipinski definition) is 6. The van der Waals surface area contributed by atoms with Crippen molar-refractivity contribution < 1.29 is 9.47 Å². The van der Waals surface area contributed by atoms with Gasteiger partial charge in [-0.1, -0.05) is 174 Å². The fraction of sp³-hybridized carbons (Fsp3) is 0. The number of rotatable bonds is 6. The fourth-order valence-electron chi connectivity index (χ4n) is 11.4. The van der Waals surface area contributed by atoms with Crippen LogP contribution < -0.4 is 52.1 Å². The molecule has 0 atom stereocenters. The first-order valence-electron chi connectivity index (χ1n) is 23.8. The average molecular weight is 929 g/mol.